The van der Waals surface area contributed by atoms with Gasteiger partial charge >= 0.3 is 0 Å². The zero-order valence-corrected chi connectivity index (χ0v) is 14.7. The van der Waals surface area contributed by atoms with Crippen molar-refractivity contribution in [1.29, 1.82) is 0 Å². The zero-order valence-electron chi connectivity index (χ0n) is 13.9. The van der Waals surface area contributed by atoms with Crippen LogP contribution in [0.25, 0.3) is 5.82 Å². The second kappa shape index (κ2) is 7.58. The molecule has 1 aromatic carbocycles. The van der Waals surface area contributed by atoms with E-state index in [9.17, 15) is 12.8 Å². The molecule has 8 nitrogen and oxygen atoms in total. The third kappa shape index (κ3) is 4.41. The molecule has 0 bridgehead atoms. The maximum absolute atomic E-state index is 13.1. The smallest absolute Gasteiger partial charge is 0.240 e. The van der Waals surface area contributed by atoms with Crippen LogP contribution in [0, 0.1) is 12.7 Å². The lowest BCUT2D eigenvalue weighted by Crippen LogP contribution is -2.29. The topological polar surface area (TPSA) is 102 Å². The summed E-state index contributed by atoms with van der Waals surface area (Å²) in [5.41, 5.74) is 0.875. The van der Waals surface area contributed by atoms with Crippen molar-refractivity contribution in [2.24, 2.45) is 0 Å². The summed E-state index contributed by atoms with van der Waals surface area (Å²) in [4.78, 5) is -0.115. The molecule has 2 aromatic heterocycles. The monoisotopic (exact) mass is 376 g/mol. The summed E-state index contributed by atoms with van der Waals surface area (Å²) < 4.78 is 41.3. The summed E-state index contributed by atoms with van der Waals surface area (Å²) in [6.45, 7) is 2.29. The molecule has 0 spiro atoms. The molecule has 0 fully saturated rings. The van der Waals surface area contributed by atoms with E-state index in [4.69, 9.17) is 0 Å². The van der Waals surface area contributed by atoms with Gasteiger partial charge in [0.2, 0.25) is 10.0 Å². The fourth-order valence-corrected chi connectivity index (χ4v) is 3.24. The highest BCUT2D eigenvalue weighted by atomic mass is 32.2. The normalized spacial score (nSPS) is 11.5. The lowest BCUT2D eigenvalue weighted by molar-refractivity contribution is 0.579. The Morgan fingerprint density at radius 3 is 2.62 bits per heavy atom. The molecule has 0 atom stereocenters. The van der Waals surface area contributed by atoms with E-state index in [1.807, 2.05) is 13.0 Å². The van der Waals surface area contributed by atoms with Crippen LogP contribution in [0.5, 0.6) is 0 Å². The van der Waals surface area contributed by atoms with E-state index in [0.717, 1.165) is 11.8 Å². The Morgan fingerprint density at radius 1 is 1.12 bits per heavy atom. The van der Waals surface area contributed by atoms with Crippen LogP contribution in [0.1, 0.15) is 5.69 Å². The van der Waals surface area contributed by atoms with Crippen LogP contribution >= 0.6 is 0 Å². The van der Waals surface area contributed by atoms with Crippen LogP contribution in [0.3, 0.4) is 0 Å². The summed E-state index contributed by atoms with van der Waals surface area (Å²) in [6, 6.07) is 10.2. The highest BCUT2D eigenvalue weighted by Gasteiger charge is 2.13. The summed E-state index contributed by atoms with van der Waals surface area (Å²) >= 11 is 0. The van der Waals surface area contributed by atoms with Crippen molar-refractivity contribution in [3.05, 3.63) is 60.2 Å². The SMILES string of the molecule is Cc1ccn(-c2ccc(NCCNS(=O)(=O)c3cccc(F)c3)nn2)n1. The predicted octanol–water partition coefficient (Wildman–Crippen LogP) is 1.50. The number of nitrogens with zero attached hydrogens (tertiary/aromatic N) is 4. The number of nitrogens with one attached hydrogen (secondary N) is 2. The molecule has 0 saturated carbocycles. The molecule has 0 amide bonds. The molecule has 26 heavy (non-hydrogen) atoms. The van der Waals surface area contributed by atoms with E-state index in [1.54, 1.807) is 23.0 Å². The molecular weight excluding hydrogens is 359 g/mol. The molecule has 0 aliphatic heterocycles. The molecule has 0 radical (unpaired) electrons. The third-order valence-corrected chi connectivity index (χ3v) is 4.90. The van der Waals surface area contributed by atoms with Gasteiger partial charge in [0, 0.05) is 19.3 Å². The molecule has 2 heterocycles. The number of rotatable bonds is 7. The number of hydrogen-bond donors (Lipinski definition) is 2. The first-order valence-corrected chi connectivity index (χ1v) is 9.28. The highest BCUT2D eigenvalue weighted by Crippen LogP contribution is 2.10. The average molecular weight is 376 g/mol. The second-order valence-corrected chi connectivity index (χ2v) is 7.23. The number of sulfonamides is 1. The third-order valence-electron chi connectivity index (χ3n) is 3.44. The number of halogens is 1. The van der Waals surface area contributed by atoms with Gasteiger partial charge in [0.1, 0.15) is 11.6 Å². The highest BCUT2D eigenvalue weighted by molar-refractivity contribution is 7.89. The van der Waals surface area contributed by atoms with Crippen LogP contribution in [0.2, 0.25) is 0 Å². The van der Waals surface area contributed by atoms with Crippen molar-refractivity contribution in [2.75, 3.05) is 18.4 Å². The minimum absolute atomic E-state index is 0.112. The Morgan fingerprint density at radius 2 is 1.96 bits per heavy atom. The van der Waals surface area contributed by atoms with Crippen molar-refractivity contribution in [3.8, 4) is 5.82 Å². The van der Waals surface area contributed by atoms with E-state index in [1.165, 1.54) is 18.2 Å². The average Bonchev–Trinajstić information content (AvgIpc) is 3.06. The van der Waals surface area contributed by atoms with Gasteiger partial charge < -0.3 is 5.32 Å². The van der Waals surface area contributed by atoms with Gasteiger partial charge in [-0.3, -0.25) is 0 Å². The molecule has 10 heteroatoms. The molecule has 2 N–H and O–H groups in total. The van der Waals surface area contributed by atoms with Gasteiger partial charge in [0.15, 0.2) is 5.82 Å². The Bertz CT molecular complexity index is 988. The van der Waals surface area contributed by atoms with Crippen LogP contribution in [0.4, 0.5) is 10.2 Å². The van der Waals surface area contributed by atoms with Gasteiger partial charge in [-0.2, -0.15) is 5.10 Å². The largest absolute Gasteiger partial charge is 0.367 e. The van der Waals surface area contributed by atoms with E-state index in [2.05, 4.69) is 25.3 Å². The molecular formula is C16H17FN6O2S. The van der Waals surface area contributed by atoms with Crippen molar-refractivity contribution in [1.82, 2.24) is 24.7 Å². The summed E-state index contributed by atoms with van der Waals surface area (Å²) in [5.74, 6) is 0.478. The van der Waals surface area contributed by atoms with Gasteiger partial charge in [-0.25, -0.2) is 22.2 Å². The van der Waals surface area contributed by atoms with E-state index in [0.29, 0.717) is 18.2 Å². The maximum Gasteiger partial charge on any atom is 0.240 e. The summed E-state index contributed by atoms with van der Waals surface area (Å²) in [5, 5.41) is 15.3. The molecule has 0 aliphatic carbocycles. The fourth-order valence-electron chi connectivity index (χ4n) is 2.18. The standard InChI is InChI=1S/C16H17FN6O2S/c1-12-7-10-23(22-12)16-6-5-15(20-21-16)18-8-9-19-26(24,25)14-4-2-3-13(17)11-14/h2-7,10-11,19H,8-9H2,1H3,(H,18,20). The van der Waals surface area contributed by atoms with Gasteiger partial charge in [-0.1, -0.05) is 6.07 Å². The second-order valence-electron chi connectivity index (χ2n) is 5.46. The van der Waals surface area contributed by atoms with Gasteiger partial charge in [-0.15, -0.1) is 10.2 Å². The Hall–Kier alpha value is -2.85. The van der Waals surface area contributed by atoms with E-state index in [-0.39, 0.29) is 11.4 Å². The number of benzene rings is 1. The lowest BCUT2D eigenvalue weighted by Gasteiger charge is -2.08. The minimum atomic E-state index is -3.76. The number of aromatic nitrogens is 4. The van der Waals surface area contributed by atoms with Gasteiger partial charge in [0.05, 0.1) is 10.6 Å². The first-order valence-electron chi connectivity index (χ1n) is 7.79. The quantitative estimate of drug-likeness (QED) is 0.606. The Labute approximate surface area is 150 Å². The molecule has 0 saturated heterocycles. The minimum Gasteiger partial charge on any atom is -0.367 e. The van der Waals surface area contributed by atoms with Gasteiger partial charge in [0.25, 0.3) is 0 Å². The number of anilines is 1. The summed E-state index contributed by atoms with van der Waals surface area (Å²) in [6.07, 6.45) is 1.79. The number of hydrogen-bond acceptors (Lipinski definition) is 6. The first-order chi connectivity index (χ1) is 12.4. The lowest BCUT2D eigenvalue weighted by atomic mass is 10.4. The maximum atomic E-state index is 13.1. The molecule has 3 rings (SSSR count). The van der Waals surface area contributed by atoms with Crippen LogP contribution in [0.15, 0.2) is 53.6 Å². The summed E-state index contributed by atoms with van der Waals surface area (Å²) in [7, 11) is -3.76. The van der Waals surface area contributed by atoms with Crippen LogP contribution in [-0.4, -0.2) is 41.5 Å². The van der Waals surface area contributed by atoms with Crippen molar-refractivity contribution >= 4 is 15.8 Å². The van der Waals surface area contributed by atoms with Crippen molar-refractivity contribution in [3.63, 3.8) is 0 Å². The Kier molecular flexibility index (Phi) is 5.24. The number of aryl methyl sites for hydroxylation is 1. The van der Waals surface area contributed by atoms with Crippen LogP contribution < -0.4 is 10.0 Å². The Balaban J connectivity index is 1.52. The van der Waals surface area contributed by atoms with Crippen molar-refractivity contribution < 1.29 is 12.8 Å². The van der Waals surface area contributed by atoms with E-state index >= 15 is 0 Å². The molecule has 0 unspecified atom stereocenters. The zero-order chi connectivity index (χ0) is 18.6. The molecule has 136 valence electrons. The van der Waals surface area contributed by atoms with Crippen LogP contribution in [-0.2, 0) is 10.0 Å². The van der Waals surface area contributed by atoms with E-state index < -0.39 is 15.8 Å². The molecule has 3 aromatic rings. The fraction of sp³-hybridized carbons (Fsp3) is 0.188. The molecule has 0 aliphatic rings. The van der Waals surface area contributed by atoms with Gasteiger partial charge in [-0.05, 0) is 43.3 Å². The van der Waals surface area contributed by atoms with Crippen molar-refractivity contribution in [2.45, 2.75) is 11.8 Å². The predicted molar refractivity (Wildman–Crippen MR) is 94.0 cm³/mol. The first kappa shape index (κ1) is 18.0.